The molecule has 0 saturated heterocycles. The molecule has 0 fully saturated rings. The summed E-state index contributed by atoms with van der Waals surface area (Å²) in [7, 11) is -4.12. The SMILES string of the molecule is CC(C)C(C)CNS(=O)(=O)c1cc(Br)cc(C(=O)O)c1F. The summed E-state index contributed by atoms with van der Waals surface area (Å²) >= 11 is 2.99. The van der Waals surface area contributed by atoms with Crippen molar-refractivity contribution in [2.75, 3.05) is 6.54 Å². The first-order chi connectivity index (χ1) is 9.56. The smallest absolute Gasteiger partial charge is 0.338 e. The number of carbonyl (C=O) groups is 1. The number of nitrogens with one attached hydrogen (secondary N) is 1. The molecule has 1 aromatic rings. The topological polar surface area (TPSA) is 83.5 Å². The van der Waals surface area contributed by atoms with Crippen molar-refractivity contribution in [3.05, 3.63) is 28.0 Å². The van der Waals surface area contributed by atoms with Gasteiger partial charge in [0.05, 0.1) is 5.56 Å². The van der Waals surface area contributed by atoms with Crippen molar-refractivity contribution in [2.24, 2.45) is 11.8 Å². The van der Waals surface area contributed by atoms with Crippen LogP contribution in [0.2, 0.25) is 0 Å². The Balaban J connectivity index is 3.17. The van der Waals surface area contributed by atoms with Crippen LogP contribution in [0.15, 0.2) is 21.5 Å². The summed E-state index contributed by atoms with van der Waals surface area (Å²) in [6, 6.07) is 2.07. The molecule has 0 aliphatic carbocycles. The van der Waals surface area contributed by atoms with Crippen molar-refractivity contribution < 1.29 is 22.7 Å². The minimum absolute atomic E-state index is 0.0638. The monoisotopic (exact) mass is 381 g/mol. The van der Waals surface area contributed by atoms with Crippen LogP contribution in [0.4, 0.5) is 4.39 Å². The maximum Gasteiger partial charge on any atom is 0.338 e. The van der Waals surface area contributed by atoms with Gasteiger partial charge in [-0.3, -0.25) is 0 Å². The van der Waals surface area contributed by atoms with Crippen LogP contribution in [0, 0.1) is 17.7 Å². The maximum absolute atomic E-state index is 14.1. The lowest BCUT2D eigenvalue weighted by Crippen LogP contribution is -2.31. The first-order valence-corrected chi connectivity index (χ1v) is 8.56. The van der Waals surface area contributed by atoms with Gasteiger partial charge >= 0.3 is 5.97 Å². The second kappa shape index (κ2) is 6.85. The Kier molecular flexibility index (Phi) is 5.89. The number of sulfonamides is 1. The maximum atomic E-state index is 14.1. The minimum atomic E-state index is -4.12. The Morgan fingerprint density at radius 2 is 1.95 bits per heavy atom. The molecule has 2 N–H and O–H groups in total. The van der Waals surface area contributed by atoms with Gasteiger partial charge in [-0.2, -0.15) is 0 Å². The molecule has 1 aromatic carbocycles. The second-order valence-electron chi connectivity index (χ2n) is 5.14. The molecule has 1 atom stereocenters. The Morgan fingerprint density at radius 3 is 2.43 bits per heavy atom. The van der Waals surface area contributed by atoms with Crippen molar-refractivity contribution in [1.82, 2.24) is 4.72 Å². The van der Waals surface area contributed by atoms with E-state index in [1.165, 1.54) is 0 Å². The predicted molar refractivity (Wildman–Crippen MR) is 80.2 cm³/mol. The van der Waals surface area contributed by atoms with Crippen LogP contribution in [0.1, 0.15) is 31.1 Å². The number of hydrogen-bond acceptors (Lipinski definition) is 3. The molecule has 0 aliphatic rings. The molecule has 0 aromatic heterocycles. The van der Waals surface area contributed by atoms with Gasteiger partial charge in [-0.1, -0.05) is 36.7 Å². The highest BCUT2D eigenvalue weighted by Crippen LogP contribution is 2.24. The first kappa shape index (κ1) is 18.1. The summed E-state index contributed by atoms with van der Waals surface area (Å²) in [5, 5.41) is 8.90. The van der Waals surface area contributed by atoms with E-state index in [9.17, 15) is 17.6 Å². The van der Waals surface area contributed by atoms with Crippen LogP contribution < -0.4 is 4.72 Å². The van der Waals surface area contributed by atoms with Crippen molar-refractivity contribution >= 4 is 31.9 Å². The molecule has 118 valence electrons. The minimum Gasteiger partial charge on any atom is -0.478 e. The van der Waals surface area contributed by atoms with E-state index in [2.05, 4.69) is 20.7 Å². The molecule has 0 heterocycles. The van der Waals surface area contributed by atoms with E-state index < -0.39 is 32.3 Å². The average molecular weight is 382 g/mol. The van der Waals surface area contributed by atoms with Crippen molar-refractivity contribution in [3.63, 3.8) is 0 Å². The number of rotatable bonds is 6. The highest BCUT2D eigenvalue weighted by atomic mass is 79.9. The van der Waals surface area contributed by atoms with E-state index in [1.54, 1.807) is 0 Å². The Morgan fingerprint density at radius 1 is 1.38 bits per heavy atom. The number of benzene rings is 1. The predicted octanol–water partition coefficient (Wildman–Crippen LogP) is 2.86. The van der Waals surface area contributed by atoms with Crippen LogP contribution in [-0.2, 0) is 10.0 Å². The lowest BCUT2D eigenvalue weighted by atomic mass is 9.99. The zero-order valence-electron chi connectivity index (χ0n) is 11.9. The van der Waals surface area contributed by atoms with Gasteiger partial charge in [-0.15, -0.1) is 0 Å². The summed E-state index contributed by atoms with van der Waals surface area (Å²) in [6.45, 7) is 5.91. The van der Waals surface area contributed by atoms with E-state index in [1.807, 2.05) is 20.8 Å². The average Bonchev–Trinajstić information content (AvgIpc) is 2.37. The molecule has 5 nitrogen and oxygen atoms in total. The van der Waals surface area contributed by atoms with E-state index in [0.717, 1.165) is 12.1 Å². The van der Waals surface area contributed by atoms with E-state index in [-0.39, 0.29) is 22.9 Å². The molecule has 0 bridgehead atoms. The number of carboxylic acids is 1. The van der Waals surface area contributed by atoms with Gasteiger partial charge in [0.2, 0.25) is 10.0 Å². The second-order valence-corrected chi connectivity index (χ2v) is 7.79. The highest BCUT2D eigenvalue weighted by molar-refractivity contribution is 9.10. The third-order valence-corrected chi connectivity index (χ3v) is 5.14. The quantitative estimate of drug-likeness (QED) is 0.793. The lowest BCUT2D eigenvalue weighted by molar-refractivity contribution is 0.0691. The zero-order chi connectivity index (χ0) is 16.4. The molecule has 0 amide bonds. The van der Waals surface area contributed by atoms with Crippen molar-refractivity contribution in [2.45, 2.75) is 25.7 Å². The van der Waals surface area contributed by atoms with Crippen LogP contribution >= 0.6 is 15.9 Å². The van der Waals surface area contributed by atoms with Gasteiger partial charge in [-0.25, -0.2) is 22.3 Å². The lowest BCUT2D eigenvalue weighted by Gasteiger charge is -2.16. The van der Waals surface area contributed by atoms with Crippen LogP contribution in [-0.4, -0.2) is 26.0 Å². The highest BCUT2D eigenvalue weighted by Gasteiger charge is 2.25. The fourth-order valence-corrected chi connectivity index (χ4v) is 3.35. The van der Waals surface area contributed by atoms with Crippen molar-refractivity contribution in [3.8, 4) is 0 Å². The van der Waals surface area contributed by atoms with Gasteiger partial charge in [0.1, 0.15) is 4.90 Å². The van der Waals surface area contributed by atoms with Gasteiger partial charge in [0.25, 0.3) is 0 Å². The fraction of sp³-hybridized carbons (Fsp3) is 0.462. The molecule has 21 heavy (non-hydrogen) atoms. The normalized spacial score (nSPS) is 13.4. The molecule has 0 aliphatic heterocycles. The molecule has 0 saturated carbocycles. The Bertz CT molecular complexity index is 646. The summed E-state index contributed by atoms with van der Waals surface area (Å²) in [5.74, 6) is -2.47. The fourth-order valence-electron chi connectivity index (χ4n) is 1.47. The number of aromatic carboxylic acids is 1. The molecule has 0 radical (unpaired) electrons. The molecule has 1 rings (SSSR count). The summed E-state index contributed by atoms with van der Waals surface area (Å²) in [6.07, 6.45) is 0. The molecule has 8 heteroatoms. The summed E-state index contributed by atoms with van der Waals surface area (Å²) in [4.78, 5) is 10.3. The number of hydrogen-bond donors (Lipinski definition) is 2. The third kappa shape index (κ3) is 4.49. The third-order valence-electron chi connectivity index (χ3n) is 3.26. The molecular formula is C13H17BrFNO4S. The molecule has 0 spiro atoms. The van der Waals surface area contributed by atoms with Crippen LogP contribution in [0.25, 0.3) is 0 Å². The largest absolute Gasteiger partial charge is 0.478 e. The standard InChI is InChI=1S/C13H17BrFNO4S/c1-7(2)8(3)6-16-21(19,20)11-5-9(14)4-10(12(11)15)13(17)18/h4-5,7-8,16H,6H2,1-3H3,(H,17,18). The van der Waals surface area contributed by atoms with Gasteiger partial charge < -0.3 is 5.11 Å². The van der Waals surface area contributed by atoms with Gasteiger partial charge in [0.15, 0.2) is 5.82 Å². The first-order valence-electron chi connectivity index (χ1n) is 6.28. The van der Waals surface area contributed by atoms with Crippen LogP contribution in [0.5, 0.6) is 0 Å². The van der Waals surface area contributed by atoms with Crippen LogP contribution in [0.3, 0.4) is 0 Å². The number of carboxylic acid groups (broad SMARTS) is 1. The van der Waals surface area contributed by atoms with Gasteiger partial charge in [-0.05, 0) is 24.0 Å². The van der Waals surface area contributed by atoms with E-state index in [4.69, 9.17) is 5.11 Å². The summed E-state index contributed by atoms with van der Waals surface area (Å²) < 4.78 is 40.8. The Labute approximate surface area is 131 Å². The van der Waals surface area contributed by atoms with Crippen molar-refractivity contribution in [1.29, 1.82) is 0 Å². The summed E-state index contributed by atoms with van der Waals surface area (Å²) in [5.41, 5.74) is -0.693. The molecular weight excluding hydrogens is 365 g/mol. The van der Waals surface area contributed by atoms with Gasteiger partial charge in [0, 0.05) is 11.0 Å². The van der Waals surface area contributed by atoms with E-state index >= 15 is 0 Å². The van der Waals surface area contributed by atoms with E-state index in [0.29, 0.717) is 0 Å². The molecule has 1 unspecified atom stereocenters. The Hall–Kier alpha value is -0.990. The number of halogens is 2. The zero-order valence-corrected chi connectivity index (χ0v) is 14.3.